The molecule has 0 aliphatic carbocycles. The van der Waals surface area contributed by atoms with Crippen molar-refractivity contribution in [2.24, 2.45) is 0 Å². The van der Waals surface area contributed by atoms with E-state index >= 15 is 0 Å². The molecule has 3 aromatic carbocycles. The van der Waals surface area contributed by atoms with Gasteiger partial charge in [0.25, 0.3) is 11.8 Å². The summed E-state index contributed by atoms with van der Waals surface area (Å²) in [4.78, 5) is 37.4. The van der Waals surface area contributed by atoms with Gasteiger partial charge in [-0.05, 0) is 49.7 Å². The molecule has 1 heterocycles. The van der Waals surface area contributed by atoms with Crippen molar-refractivity contribution in [2.45, 2.75) is 26.4 Å². The lowest BCUT2D eigenvalue weighted by molar-refractivity contribution is -0.121. The fraction of sp³-hybridized carbons (Fsp3) is 0.172. The van der Waals surface area contributed by atoms with Crippen LogP contribution in [0.25, 0.3) is 0 Å². The monoisotopic (exact) mass is 498 g/mol. The Balaban J connectivity index is 1.83. The quantitative estimate of drug-likeness (QED) is 0.337. The number of halogens is 1. The maximum Gasteiger partial charge on any atom is 0.275 e. The smallest absolute Gasteiger partial charge is 0.275 e. The van der Waals surface area contributed by atoms with E-state index in [1.54, 1.807) is 24.3 Å². The molecule has 8 heteroatoms. The summed E-state index contributed by atoms with van der Waals surface area (Å²) in [5, 5.41) is 2.83. The first-order chi connectivity index (χ1) is 18.0. The van der Waals surface area contributed by atoms with Crippen molar-refractivity contribution in [1.29, 1.82) is 0 Å². The summed E-state index contributed by atoms with van der Waals surface area (Å²) in [6, 6.07) is 19.2. The number of ether oxygens (including phenoxy) is 1. The van der Waals surface area contributed by atoms with Crippen molar-refractivity contribution in [3.8, 4) is 5.75 Å². The van der Waals surface area contributed by atoms with Crippen LogP contribution >= 0.6 is 0 Å². The van der Waals surface area contributed by atoms with Crippen LogP contribution in [-0.2, 0) is 11.3 Å². The van der Waals surface area contributed by atoms with Crippen LogP contribution in [0.3, 0.4) is 0 Å². The van der Waals surface area contributed by atoms with Gasteiger partial charge in [-0.1, -0.05) is 48.0 Å². The molecule has 0 bridgehead atoms. The van der Waals surface area contributed by atoms with E-state index in [9.17, 15) is 14.0 Å². The van der Waals surface area contributed by atoms with Crippen molar-refractivity contribution < 1.29 is 18.7 Å². The highest BCUT2D eigenvalue weighted by atomic mass is 19.1. The van der Waals surface area contributed by atoms with Crippen LogP contribution in [0.1, 0.15) is 40.1 Å². The number of benzene rings is 3. The van der Waals surface area contributed by atoms with Crippen molar-refractivity contribution in [1.82, 2.24) is 14.9 Å². The van der Waals surface area contributed by atoms with Crippen LogP contribution in [0.15, 0.2) is 91.4 Å². The number of nitrogens with zero attached hydrogens (tertiary/aromatic N) is 3. The summed E-state index contributed by atoms with van der Waals surface area (Å²) in [7, 11) is 0. The van der Waals surface area contributed by atoms with Crippen LogP contribution in [0.2, 0.25) is 0 Å². The van der Waals surface area contributed by atoms with Gasteiger partial charge in [-0.3, -0.25) is 14.6 Å². The van der Waals surface area contributed by atoms with E-state index in [1.165, 1.54) is 47.8 Å². The van der Waals surface area contributed by atoms with Gasteiger partial charge in [0.2, 0.25) is 0 Å². The van der Waals surface area contributed by atoms with Gasteiger partial charge in [-0.15, -0.1) is 0 Å². The highest BCUT2D eigenvalue weighted by molar-refractivity contribution is 6.01. The molecule has 7 nitrogen and oxygen atoms in total. The Morgan fingerprint density at radius 3 is 2.41 bits per heavy atom. The molecule has 4 rings (SSSR count). The van der Waals surface area contributed by atoms with Crippen LogP contribution in [0, 0.1) is 12.7 Å². The molecule has 0 fully saturated rings. The van der Waals surface area contributed by atoms with E-state index in [4.69, 9.17) is 4.74 Å². The molecule has 1 aromatic heterocycles. The number of carbonyl (C=O) groups is 2. The number of hydrogen-bond acceptors (Lipinski definition) is 5. The highest BCUT2D eigenvalue weighted by Crippen LogP contribution is 2.33. The Kier molecular flexibility index (Phi) is 8.20. The van der Waals surface area contributed by atoms with Gasteiger partial charge in [-0.25, -0.2) is 9.37 Å². The molecule has 0 saturated heterocycles. The van der Waals surface area contributed by atoms with E-state index in [0.29, 0.717) is 23.6 Å². The minimum Gasteiger partial charge on any atom is -0.494 e. The van der Waals surface area contributed by atoms with Gasteiger partial charge in [0.15, 0.2) is 0 Å². The number of rotatable bonds is 9. The zero-order valence-corrected chi connectivity index (χ0v) is 20.6. The van der Waals surface area contributed by atoms with Gasteiger partial charge in [-0.2, -0.15) is 0 Å². The van der Waals surface area contributed by atoms with Gasteiger partial charge < -0.3 is 15.0 Å². The number of aromatic nitrogens is 2. The third-order valence-electron chi connectivity index (χ3n) is 5.70. The number of para-hydroxylation sites is 1. The molecular formula is C29H27FN4O3. The van der Waals surface area contributed by atoms with Crippen molar-refractivity contribution in [2.75, 3.05) is 11.9 Å². The van der Waals surface area contributed by atoms with E-state index in [-0.39, 0.29) is 12.2 Å². The molecule has 37 heavy (non-hydrogen) atoms. The number of amides is 2. The lowest BCUT2D eigenvalue weighted by Crippen LogP contribution is -2.41. The zero-order chi connectivity index (χ0) is 26.2. The fourth-order valence-electron chi connectivity index (χ4n) is 3.92. The minimum atomic E-state index is -1.09. The molecule has 0 aliphatic heterocycles. The third kappa shape index (κ3) is 6.35. The largest absolute Gasteiger partial charge is 0.494 e. The Bertz CT molecular complexity index is 1350. The van der Waals surface area contributed by atoms with Crippen LogP contribution < -0.4 is 10.1 Å². The summed E-state index contributed by atoms with van der Waals surface area (Å²) in [5.74, 6) is -0.900. The van der Waals surface area contributed by atoms with Gasteiger partial charge in [0, 0.05) is 30.2 Å². The average Bonchev–Trinajstić information content (AvgIpc) is 2.92. The second-order valence-corrected chi connectivity index (χ2v) is 8.38. The van der Waals surface area contributed by atoms with E-state index < -0.39 is 23.7 Å². The summed E-state index contributed by atoms with van der Waals surface area (Å²) in [5.41, 5.74) is 2.91. The molecule has 0 spiro atoms. The number of aryl methyl sites for hydroxylation is 1. The van der Waals surface area contributed by atoms with E-state index in [2.05, 4.69) is 15.3 Å². The first-order valence-electron chi connectivity index (χ1n) is 11.9. The van der Waals surface area contributed by atoms with Gasteiger partial charge in [0.1, 0.15) is 23.3 Å². The van der Waals surface area contributed by atoms with Crippen molar-refractivity contribution in [3.63, 3.8) is 0 Å². The molecule has 4 aromatic rings. The molecule has 1 N–H and O–H groups in total. The molecule has 188 valence electrons. The Morgan fingerprint density at radius 2 is 1.73 bits per heavy atom. The average molecular weight is 499 g/mol. The number of nitrogens with one attached hydrogen (secondary N) is 1. The molecule has 0 saturated carbocycles. The Hall–Kier alpha value is -4.59. The lowest BCUT2D eigenvalue weighted by atomic mass is 10.0. The first-order valence-corrected chi connectivity index (χ1v) is 11.9. The maximum atomic E-state index is 13.9. The van der Waals surface area contributed by atoms with Crippen LogP contribution in [0.4, 0.5) is 10.1 Å². The normalized spacial score (nSPS) is 11.4. The second-order valence-electron chi connectivity index (χ2n) is 8.38. The summed E-state index contributed by atoms with van der Waals surface area (Å²) in [6.45, 7) is 4.32. The maximum absolute atomic E-state index is 13.9. The van der Waals surface area contributed by atoms with Gasteiger partial charge >= 0.3 is 0 Å². The molecule has 0 radical (unpaired) electrons. The third-order valence-corrected chi connectivity index (χ3v) is 5.70. The standard InChI is InChI=1S/C29H27FN4O3/c1-3-37-26-7-5-4-6-24(26)27(28(35)33-23-14-12-22(30)13-15-23)34(19-21-10-8-20(2)9-11-21)29(36)25-18-31-16-17-32-25/h4-18,27H,3,19H2,1-2H3,(H,33,35)/t27-/m1/s1. The SMILES string of the molecule is CCOc1ccccc1[C@H](C(=O)Nc1ccc(F)cc1)N(Cc1ccc(C)cc1)C(=O)c1cnccn1. The summed E-state index contributed by atoms with van der Waals surface area (Å²) >= 11 is 0. The predicted molar refractivity (Wildman–Crippen MR) is 138 cm³/mol. The molecule has 1 atom stereocenters. The molecule has 0 unspecified atom stereocenters. The fourth-order valence-corrected chi connectivity index (χ4v) is 3.92. The summed E-state index contributed by atoms with van der Waals surface area (Å²) < 4.78 is 19.3. The highest BCUT2D eigenvalue weighted by Gasteiger charge is 2.35. The Labute approximate surface area is 215 Å². The van der Waals surface area contributed by atoms with Gasteiger partial charge in [0.05, 0.1) is 12.8 Å². The van der Waals surface area contributed by atoms with Crippen LogP contribution in [0.5, 0.6) is 5.75 Å². The molecule has 0 aliphatic rings. The van der Waals surface area contributed by atoms with Crippen molar-refractivity contribution >= 4 is 17.5 Å². The number of hydrogen-bond donors (Lipinski definition) is 1. The lowest BCUT2D eigenvalue weighted by Gasteiger charge is -2.32. The Morgan fingerprint density at radius 1 is 1.00 bits per heavy atom. The summed E-state index contributed by atoms with van der Waals surface area (Å²) in [6.07, 6.45) is 4.27. The molecular weight excluding hydrogens is 471 g/mol. The topological polar surface area (TPSA) is 84.4 Å². The molecule has 2 amide bonds. The predicted octanol–water partition coefficient (Wildman–Crippen LogP) is 5.35. The van der Waals surface area contributed by atoms with E-state index in [0.717, 1.165) is 11.1 Å². The number of carbonyl (C=O) groups excluding carboxylic acids is 2. The minimum absolute atomic E-state index is 0.100. The van der Waals surface area contributed by atoms with Crippen LogP contribution in [-0.4, -0.2) is 33.3 Å². The zero-order valence-electron chi connectivity index (χ0n) is 20.6. The first kappa shape index (κ1) is 25.5. The second kappa shape index (κ2) is 11.9. The van der Waals surface area contributed by atoms with Crippen molar-refractivity contribution in [3.05, 3.63) is 120 Å². The number of anilines is 1. The van der Waals surface area contributed by atoms with E-state index in [1.807, 2.05) is 38.1 Å².